The summed E-state index contributed by atoms with van der Waals surface area (Å²) in [6, 6.07) is 4.14. The Balaban J connectivity index is 2.26. The number of rotatable bonds is 4. The minimum absolute atomic E-state index is 0.0666. The molecule has 3 N–H and O–H groups in total. The van der Waals surface area contributed by atoms with E-state index in [-0.39, 0.29) is 16.6 Å². The molecule has 0 saturated heterocycles. The second-order valence-electron chi connectivity index (χ2n) is 4.13. The molecule has 1 heterocycles. The van der Waals surface area contributed by atoms with Crippen LogP contribution >= 0.6 is 11.8 Å². The molecule has 9 nitrogen and oxygen atoms in total. The van der Waals surface area contributed by atoms with Gasteiger partial charge in [0.15, 0.2) is 5.16 Å². The van der Waals surface area contributed by atoms with Gasteiger partial charge in [0.1, 0.15) is 0 Å². The number of benzene rings is 1. The van der Waals surface area contributed by atoms with Crippen molar-refractivity contribution < 1.29 is 4.92 Å². The molecule has 0 bridgehead atoms. The van der Waals surface area contributed by atoms with Gasteiger partial charge in [-0.05, 0) is 11.6 Å². The van der Waals surface area contributed by atoms with Crippen LogP contribution in [-0.2, 0) is 12.8 Å². The lowest BCUT2D eigenvalue weighted by Gasteiger charge is -2.07. The number of H-pyrrole nitrogens is 1. The molecule has 0 spiro atoms. The maximum atomic E-state index is 11.2. The molecule has 0 fully saturated rings. The molecule has 2 rings (SSSR count). The van der Waals surface area contributed by atoms with Crippen molar-refractivity contribution in [3.05, 3.63) is 54.6 Å². The maximum absolute atomic E-state index is 11.2. The number of non-ortho nitro benzene ring substituents is 1. The van der Waals surface area contributed by atoms with Crippen LogP contribution in [0.15, 0.2) is 32.9 Å². The van der Waals surface area contributed by atoms with Crippen molar-refractivity contribution in [1.29, 1.82) is 0 Å². The number of aromatic nitrogens is 3. The molecule has 10 heteroatoms. The van der Waals surface area contributed by atoms with E-state index in [4.69, 9.17) is 5.73 Å². The molecule has 0 aliphatic carbocycles. The highest BCUT2D eigenvalue weighted by Crippen LogP contribution is 2.26. The fourth-order valence-electron chi connectivity index (χ4n) is 1.56. The first-order valence-corrected chi connectivity index (χ1v) is 6.70. The number of nitrogens with zero attached hydrogens (tertiary/aromatic N) is 3. The fourth-order valence-corrected chi connectivity index (χ4v) is 2.48. The zero-order chi connectivity index (χ0) is 15.6. The second-order valence-corrected chi connectivity index (χ2v) is 5.07. The number of thioether (sulfide) groups is 1. The second kappa shape index (κ2) is 5.79. The van der Waals surface area contributed by atoms with Gasteiger partial charge in [0, 0.05) is 30.6 Å². The van der Waals surface area contributed by atoms with E-state index in [9.17, 15) is 19.7 Å². The van der Waals surface area contributed by atoms with Gasteiger partial charge in [0.25, 0.3) is 5.69 Å². The highest BCUT2D eigenvalue weighted by Gasteiger charge is 2.11. The predicted molar refractivity (Wildman–Crippen MR) is 77.2 cm³/mol. The number of nitrogens with two attached hydrogens (primary N) is 1. The normalized spacial score (nSPS) is 10.5. The molecule has 1 aromatic heterocycles. The van der Waals surface area contributed by atoms with Crippen molar-refractivity contribution in [3.63, 3.8) is 0 Å². The van der Waals surface area contributed by atoms with E-state index < -0.39 is 16.0 Å². The molecule has 2 aromatic rings. The Kier molecular flexibility index (Phi) is 4.08. The van der Waals surface area contributed by atoms with Crippen LogP contribution in [0.5, 0.6) is 0 Å². The highest BCUT2D eigenvalue weighted by molar-refractivity contribution is 7.98. The Hall–Kier alpha value is -2.62. The lowest BCUT2D eigenvalue weighted by molar-refractivity contribution is -0.384. The first kappa shape index (κ1) is 14.8. The summed E-state index contributed by atoms with van der Waals surface area (Å²) in [7, 11) is 1.53. The molecule has 0 amide bonds. The summed E-state index contributed by atoms with van der Waals surface area (Å²) < 4.78 is 1.31. The molecule has 0 radical (unpaired) electrons. The number of hydrogen-bond donors (Lipinski definition) is 2. The van der Waals surface area contributed by atoms with E-state index in [1.807, 2.05) is 0 Å². The van der Waals surface area contributed by atoms with Crippen LogP contribution in [0.1, 0.15) is 5.56 Å². The van der Waals surface area contributed by atoms with E-state index in [1.54, 1.807) is 0 Å². The topological polar surface area (TPSA) is 137 Å². The van der Waals surface area contributed by atoms with Crippen molar-refractivity contribution >= 4 is 23.1 Å². The molecule has 110 valence electrons. The van der Waals surface area contributed by atoms with Crippen LogP contribution in [0.3, 0.4) is 0 Å². The summed E-state index contributed by atoms with van der Waals surface area (Å²) in [5, 5.41) is 13.3. The molecule has 0 aliphatic heterocycles. The molecular weight excluding hydrogens is 298 g/mol. The van der Waals surface area contributed by atoms with E-state index >= 15 is 0 Å². The Morgan fingerprint density at radius 2 is 2.19 bits per heavy atom. The summed E-state index contributed by atoms with van der Waals surface area (Å²) in [5.74, 6) is 0.278. The van der Waals surface area contributed by atoms with Gasteiger partial charge in [-0.15, -0.1) is 0 Å². The highest BCUT2D eigenvalue weighted by atomic mass is 32.2. The Morgan fingerprint density at radius 1 is 1.48 bits per heavy atom. The van der Waals surface area contributed by atoms with Gasteiger partial charge in [-0.3, -0.25) is 29.5 Å². The average Bonchev–Trinajstić information content (AvgIpc) is 2.42. The summed E-state index contributed by atoms with van der Waals surface area (Å²) in [6.45, 7) is 0. The van der Waals surface area contributed by atoms with Gasteiger partial charge >= 0.3 is 11.1 Å². The third-order valence-corrected chi connectivity index (χ3v) is 3.72. The minimum atomic E-state index is -0.886. The minimum Gasteiger partial charge on any atom is -0.398 e. The van der Waals surface area contributed by atoms with Crippen LogP contribution in [0, 0.1) is 10.1 Å². The summed E-state index contributed by atoms with van der Waals surface area (Å²) >= 11 is 1.14. The van der Waals surface area contributed by atoms with Gasteiger partial charge in [-0.2, -0.15) is 4.98 Å². The van der Waals surface area contributed by atoms with E-state index in [1.165, 1.54) is 29.9 Å². The smallest absolute Gasteiger partial charge is 0.339 e. The number of nitro benzene ring substituents is 1. The Morgan fingerprint density at radius 3 is 2.86 bits per heavy atom. The molecule has 0 saturated carbocycles. The van der Waals surface area contributed by atoms with Crippen molar-refractivity contribution in [2.75, 3.05) is 5.73 Å². The summed E-state index contributed by atoms with van der Waals surface area (Å²) in [6.07, 6.45) is 0. The van der Waals surface area contributed by atoms with Crippen molar-refractivity contribution in [2.24, 2.45) is 7.05 Å². The van der Waals surface area contributed by atoms with Crippen molar-refractivity contribution in [2.45, 2.75) is 10.9 Å². The van der Waals surface area contributed by atoms with Crippen LogP contribution in [0.2, 0.25) is 0 Å². The SMILES string of the molecule is Cn1[nH]c(=O)c(=O)nc1SCc1cc([N+](=O)[O-])ccc1N. The standard InChI is InChI=1S/C11H11N5O4S/c1-15-11(13-9(17)10(18)14-15)21-5-6-4-7(16(19)20)2-3-8(6)12/h2-4H,5,12H2,1H3,(H,14,18). The zero-order valence-corrected chi connectivity index (χ0v) is 11.7. The lowest BCUT2D eigenvalue weighted by atomic mass is 10.2. The monoisotopic (exact) mass is 309 g/mol. The molecule has 1 aromatic carbocycles. The number of aryl methyl sites for hydroxylation is 1. The van der Waals surface area contributed by atoms with E-state index in [2.05, 4.69) is 10.1 Å². The molecule has 0 atom stereocenters. The van der Waals surface area contributed by atoms with Gasteiger partial charge in [0.2, 0.25) is 0 Å². The van der Waals surface area contributed by atoms with Gasteiger partial charge < -0.3 is 5.73 Å². The van der Waals surface area contributed by atoms with Crippen LogP contribution < -0.4 is 16.9 Å². The number of nitro groups is 1. The lowest BCUT2D eigenvalue weighted by Crippen LogP contribution is -2.33. The van der Waals surface area contributed by atoms with Crippen molar-refractivity contribution in [3.8, 4) is 0 Å². The van der Waals surface area contributed by atoms with Gasteiger partial charge in [-0.25, -0.2) is 0 Å². The Labute approximate surface area is 121 Å². The number of nitrogen functional groups attached to an aromatic ring is 1. The largest absolute Gasteiger partial charge is 0.398 e. The third-order valence-electron chi connectivity index (χ3n) is 2.64. The molecule has 21 heavy (non-hydrogen) atoms. The number of hydrogen-bond acceptors (Lipinski definition) is 7. The summed E-state index contributed by atoms with van der Waals surface area (Å²) in [5.41, 5.74) is 4.96. The maximum Gasteiger partial charge on any atom is 0.339 e. The van der Waals surface area contributed by atoms with Crippen LogP contribution in [0.25, 0.3) is 0 Å². The van der Waals surface area contributed by atoms with E-state index in [0.717, 1.165) is 11.8 Å². The average molecular weight is 309 g/mol. The van der Waals surface area contributed by atoms with Crippen LogP contribution in [0.4, 0.5) is 11.4 Å². The molecular formula is C11H11N5O4S. The predicted octanol–water partition coefficient (Wildman–Crippen LogP) is 0.251. The Bertz CT molecular complexity index is 813. The number of anilines is 1. The summed E-state index contributed by atoms with van der Waals surface area (Å²) in [4.78, 5) is 36.2. The number of nitrogens with one attached hydrogen (secondary N) is 1. The quantitative estimate of drug-likeness (QED) is 0.271. The first-order valence-electron chi connectivity index (χ1n) is 5.71. The van der Waals surface area contributed by atoms with Crippen LogP contribution in [-0.4, -0.2) is 19.7 Å². The van der Waals surface area contributed by atoms with E-state index in [0.29, 0.717) is 11.3 Å². The van der Waals surface area contributed by atoms with Gasteiger partial charge in [-0.1, -0.05) is 11.8 Å². The molecule has 0 unspecified atom stereocenters. The van der Waals surface area contributed by atoms with Crippen molar-refractivity contribution in [1.82, 2.24) is 14.8 Å². The molecule has 0 aliphatic rings. The zero-order valence-electron chi connectivity index (χ0n) is 10.9. The van der Waals surface area contributed by atoms with Gasteiger partial charge in [0.05, 0.1) is 4.92 Å². The first-order chi connectivity index (χ1) is 9.88. The third kappa shape index (κ3) is 3.28. The number of aromatic amines is 1. The fraction of sp³-hybridized carbons (Fsp3) is 0.182.